The molecule has 4 heteroatoms. The molecular formula is C10H9Cl2NO. The van der Waals surface area contributed by atoms with Crippen LogP contribution in [0.1, 0.15) is 12.5 Å². The van der Waals surface area contributed by atoms with Crippen molar-refractivity contribution >= 4 is 35.0 Å². The SMILES string of the molecule is CC(C=Cc1c(Cl)cccc1Cl)=NO. The molecule has 0 bridgehead atoms. The highest BCUT2D eigenvalue weighted by atomic mass is 35.5. The summed E-state index contributed by atoms with van der Waals surface area (Å²) in [6.07, 6.45) is 3.34. The van der Waals surface area contributed by atoms with E-state index >= 15 is 0 Å². The Morgan fingerprint density at radius 1 is 1.36 bits per heavy atom. The van der Waals surface area contributed by atoms with E-state index in [1.165, 1.54) is 0 Å². The number of oxime groups is 1. The highest BCUT2D eigenvalue weighted by molar-refractivity contribution is 6.37. The molecule has 14 heavy (non-hydrogen) atoms. The zero-order chi connectivity index (χ0) is 10.6. The van der Waals surface area contributed by atoms with Crippen molar-refractivity contribution in [2.24, 2.45) is 5.16 Å². The molecule has 0 aliphatic rings. The lowest BCUT2D eigenvalue weighted by Gasteiger charge is -1.99. The van der Waals surface area contributed by atoms with E-state index < -0.39 is 0 Å². The van der Waals surface area contributed by atoms with Crippen molar-refractivity contribution in [2.75, 3.05) is 0 Å². The van der Waals surface area contributed by atoms with Crippen LogP contribution in [0.4, 0.5) is 0 Å². The molecule has 0 saturated carbocycles. The third-order valence-electron chi connectivity index (χ3n) is 1.65. The van der Waals surface area contributed by atoms with Gasteiger partial charge in [-0.3, -0.25) is 0 Å². The lowest BCUT2D eigenvalue weighted by molar-refractivity contribution is 0.319. The second kappa shape index (κ2) is 5.03. The van der Waals surface area contributed by atoms with Gasteiger partial charge in [0.2, 0.25) is 0 Å². The number of benzene rings is 1. The van der Waals surface area contributed by atoms with Gasteiger partial charge in [0, 0.05) is 15.6 Å². The normalized spacial score (nSPS) is 12.4. The summed E-state index contributed by atoms with van der Waals surface area (Å²) in [5.41, 5.74) is 1.21. The summed E-state index contributed by atoms with van der Waals surface area (Å²) in [7, 11) is 0. The minimum Gasteiger partial charge on any atom is -0.411 e. The van der Waals surface area contributed by atoms with Crippen LogP contribution in [0, 0.1) is 0 Å². The van der Waals surface area contributed by atoms with Gasteiger partial charge >= 0.3 is 0 Å². The first-order valence-electron chi connectivity index (χ1n) is 3.96. The largest absolute Gasteiger partial charge is 0.411 e. The van der Waals surface area contributed by atoms with E-state index in [2.05, 4.69) is 5.16 Å². The Bertz CT molecular complexity index is 365. The van der Waals surface area contributed by atoms with E-state index in [-0.39, 0.29) is 0 Å². The van der Waals surface area contributed by atoms with Crippen molar-refractivity contribution in [3.05, 3.63) is 39.9 Å². The number of hydrogen-bond acceptors (Lipinski definition) is 2. The van der Waals surface area contributed by atoms with Gasteiger partial charge in [-0.2, -0.15) is 0 Å². The Morgan fingerprint density at radius 3 is 2.43 bits per heavy atom. The van der Waals surface area contributed by atoms with Crippen molar-refractivity contribution in [3.8, 4) is 0 Å². The van der Waals surface area contributed by atoms with E-state index in [0.29, 0.717) is 15.8 Å². The molecule has 0 heterocycles. The van der Waals surface area contributed by atoms with Gasteiger partial charge in [0.15, 0.2) is 0 Å². The number of allylic oxidation sites excluding steroid dienone is 1. The summed E-state index contributed by atoms with van der Waals surface area (Å²) in [5.74, 6) is 0. The highest BCUT2D eigenvalue weighted by Crippen LogP contribution is 2.25. The quantitative estimate of drug-likeness (QED) is 0.467. The van der Waals surface area contributed by atoms with Crippen LogP contribution in [0.25, 0.3) is 6.08 Å². The third-order valence-corrected chi connectivity index (χ3v) is 2.31. The maximum absolute atomic E-state index is 8.42. The first kappa shape index (κ1) is 11.1. The minimum absolute atomic E-state index is 0.487. The predicted octanol–water partition coefficient (Wildman–Crippen LogP) is 3.86. The van der Waals surface area contributed by atoms with Gasteiger partial charge in [0.25, 0.3) is 0 Å². The molecule has 0 atom stereocenters. The van der Waals surface area contributed by atoms with Gasteiger partial charge in [0.1, 0.15) is 0 Å². The summed E-state index contributed by atoms with van der Waals surface area (Å²) in [6.45, 7) is 1.67. The lowest BCUT2D eigenvalue weighted by atomic mass is 10.2. The number of hydrogen-bond donors (Lipinski definition) is 1. The molecule has 0 radical (unpaired) electrons. The van der Waals surface area contributed by atoms with Crippen LogP contribution in [-0.2, 0) is 0 Å². The van der Waals surface area contributed by atoms with Crippen molar-refractivity contribution < 1.29 is 5.21 Å². The summed E-state index contributed by atoms with van der Waals surface area (Å²) in [6, 6.07) is 5.27. The van der Waals surface area contributed by atoms with Crippen molar-refractivity contribution in [2.45, 2.75) is 6.92 Å². The fourth-order valence-electron chi connectivity index (χ4n) is 0.907. The summed E-state index contributed by atoms with van der Waals surface area (Å²) in [5, 5.41) is 12.6. The molecule has 0 aliphatic heterocycles. The number of nitrogens with zero attached hydrogens (tertiary/aromatic N) is 1. The minimum atomic E-state index is 0.487. The third kappa shape index (κ3) is 2.76. The standard InChI is InChI=1S/C10H9Cl2NO/c1-7(13-14)5-6-8-9(11)3-2-4-10(8)12/h2-6,14H,1H3. The molecule has 0 amide bonds. The van der Waals surface area contributed by atoms with Crippen LogP contribution in [0.3, 0.4) is 0 Å². The Morgan fingerprint density at radius 2 is 1.93 bits per heavy atom. The van der Waals surface area contributed by atoms with Gasteiger partial charge in [-0.25, -0.2) is 0 Å². The molecule has 0 spiro atoms. The molecule has 1 aromatic carbocycles. The molecule has 0 unspecified atom stereocenters. The van der Waals surface area contributed by atoms with Crippen molar-refractivity contribution in [1.82, 2.24) is 0 Å². The zero-order valence-electron chi connectivity index (χ0n) is 7.54. The zero-order valence-corrected chi connectivity index (χ0v) is 9.05. The fraction of sp³-hybridized carbons (Fsp3) is 0.100. The monoisotopic (exact) mass is 229 g/mol. The van der Waals surface area contributed by atoms with Gasteiger partial charge in [-0.1, -0.05) is 40.5 Å². The van der Waals surface area contributed by atoms with Gasteiger partial charge < -0.3 is 5.21 Å². The molecular weight excluding hydrogens is 221 g/mol. The average Bonchev–Trinajstić information content (AvgIpc) is 2.16. The number of halogens is 2. The highest BCUT2D eigenvalue weighted by Gasteiger charge is 2.00. The van der Waals surface area contributed by atoms with E-state index in [1.54, 1.807) is 37.3 Å². The maximum Gasteiger partial charge on any atom is 0.0765 e. The maximum atomic E-state index is 8.42. The van der Waals surface area contributed by atoms with E-state index in [4.69, 9.17) is 28.4 Å². The van der Waals surface area contributed by atoms with E-state index in [9.17, 15) is 0 Å². The predicted molar refractivity (Wildman–Crippen MR) is 60.4 cm³/mol. The van der Waals surface area contributed by atoms with E-state index in [1.807, 2.05) is 0 Å². The van der Waals surface area contributed by atoms with Gasteiger partial charge in [0.05, 0.1) is 5.71 Å². The first-order chi connectivity index (χ1) is 6.65. The first-order valence-corrected chi connectivity index (χ1v) is 4.71. The topological polar surface area (TPSA) is 32.6 Å². The Hall–Kier alpha value is -0.990. The second-order valence-corrected chi connectivity index (χ2v) is 3.52. The fourth-order valence-corrected chi connectivity index (χ4v) is 1.43. The summed E-state index contributed by atoms with van der Waals surface area (Å²) < 4.78 is 0. The molecule has 2 nitrogen and oxygen atoms in total. The van der Waals surface area contributed by atoms with Crippen LogP contribution in [-0.4, -0.2) is 10.9 Å². The Kier molecular flexibility index (Phi) is 3.98. The van der Waals surface area contributed by atoms with Gasteiger partial charge in [-0.05, 0) is 25.1 Å². The molecule has 0 fully saturated rings. The molecule has 1 rings (SSSR count). The molecule has 0 aliphatic carbocycles. The van der Waals surface area contributed by atoms with Crippen LogP contribution >= 0.6 is 23.2 Å². The summed E-state index contributed by atoms with van der Waals surface area (Å²) in [4.78, 5) is 0. The Balaban J connectivity index is 3.02. The van der Waals surface area contributed by atoms with Crippen LogP contribution in [0.2, 0.25) is 10.0 Å². The molecule has 74 valence electrons. The van der Waals surface area contributed by atoms with Crippen molar-refractivity contribution in [1.29, 1.82) is 0 Å². The van der Waals surface area contributed by atoms with E-state index in [0.717, 1.165) is 5.56 Å². The van der Waals surface area contributed by atoms with Crippen LogP contribution in [0.5, 0.6) is 0 Å². The molecule has 1 aromatic rings. The average molecular weight is 230 g/mol. The smallest absolute Gasteiger partial charge is 0.0765 e. The molecule has 1 N–H and O–H groups in total. The Labute approximate surface area is 92.5 Å². The lowest BCUT2D eigenvalue weighted by Crippen LogP contribution is -1.84. The molecule has 0 saturated heterocycles. The van der Waals surface area contributed by atoms with Crippen molar-refractivity contribution in [3.63, 3.8) is 0 Å². The number of rotatable bonds is 2. The van der Waals surface area contributed by atoms with Gasteiger partial charge in [-0.15, -0.1) is 0 Å². The van der Waals surface area contributed by atoms with Crippen LogP contribution < -0.4 is 0 Å². The second-order valence-electron chi connectivity index (χ2n) is 2.71. The molecule has 0 aromatic heterocycles. The summed E-state index contributed by atoms with van der Waals surface area (Å²) >= 11 is 11.8. The van der Waals surface area contributed by atoms with Crippen LogP contribution in [0.15, 0.2) is 29.4 Å².